The van der Waals surface area contributed by atoms with Crippen molar-refractivity contribution in [3.63, 3.8) is 0 Å². The molecule has 5 nitrogen and oxygen atoms in total. The van der Waals surface area contributed by atoms with Gasteiger partial charge in [0.25, 0.3) is 0 Å². The monoisotopic (exact) mass is 403 g/mol. The number of thiophene rings is 1. The van der Waals surface area contributed by atoms with Gasteiger partial charge in [-0.25, -0.2) is 4.85 Å². The van der Waals surface area contributed by atoms with Gasteiger partial charge in [-0.3, -0.25) is 9.79 Å². The van der Waals surface area contributed by atoms with Crippen LogP contribution in [0.5, 0.6) is 0 Å². The SMILES string of the molecule is [C-]#[N+]c1ccc(C2=N[C@@H]([C@@H](C)C(C)=O)c3onc(C)c3-c3sc(C)c(C)c32)cc1. The Labute approximate surface area is 173 Å². The van der Waals surface area contributed by atoms with Crippen LogP contribution in [0, 0.1) is 33.3 Å². The maximum atomic E-state index is 12.3. The number of fused-ring (bicyclic) bond motifs is 3. The van der Waals surface area contributed by atoms with E-state index in [-0.39, 0.29) is 11.7 Å². The number of aromatic nitrogens is 1. The second kappa shape index (κ2) is 7.09. The van der Waals surface area contributed by atoms with Gasteiger partial charge in [0.15, 0.2) is 11.4 Å². The quantitative estimate of drug-likeness (QED) is 0.504. The highest BCUT2D eigenvalue weighted by molar-refractivity contribution is 7.16. The molecule has 0 bridgehead atoms. The number of benzene rings is 1. The molecule has 0 radical (unpaired) electrons. The number of hydrogen-bond acceptors (Lipinski definition) is 5. The topological polar surface area (TPSA) is 59.8 Å². The number of aryl methyl sites for hydroxylation is 2. The molecule has 29 heavy (non-hydrogen) atoms. The van der Waals surface area contributed by atoms with Crippen molar-refractivity contribution in [3.8, 4) is 10.4 Å². The van der Waals surface area contributed by atoms with E-state index in [4.69, 9.17) is 16.1 Å². The van der Waals surface area contributed by atoms with E-state index in [1.54, 1.807) is 30.4 Å². The molecule has 1 aromatic carbocycles. The van der Waals surface area contributed by atoms with Crippen molar-refractivity contribution in [2.45, 2.75) is 40.7 Å². The van der Waals surface area contributed by atoms with Crippen molar-refractivity contribution in [2.75, 3.05) is 0 Å². The summed E-state index contributed by atoms with van der Waals surface area (Å²) in [5, 5.41) is 4.21. The average Bonchev–Trinajstić information content (AvgIpc) is 3.17. The van der Waals surface area contributed by atoms with Crippen LogP contribution in [0.2, 0.25) is 0 Å². The molecule has 0 N–H and O–H groups in total. The fraction of sp³-hybridized carbons (Fsp3) is 0.304. The van der Waals surface area contributed by atoms with Crippen molar-refractivity contribution in [1.82, 2.24) is 5.16 Å². The molecular weight excluding hydrogens is 382 g/mol. The summed E-state index contributed by atoms with van der Waals surface area (Å²) in [6, 6.07) is 7.01. The molecule has 6 heteroatoms. The fourth-order valence-electron chi connectivity index (χ4n) is 3.69. The fourth-order valence-corrected chi connectivity index (χ4v) is 4.95. The molecule has 3 aromatic rings. The van der Waals surface area contributed by atoms with Crippen molar-refractivity contribution in [1.29, 1.82) is 0 Å². The molecule has 1 aliphatic rings. The van der Waals surface area contributed by atoms with Gasteiger partial charge in [0, 0.05) is 21.2 Å². The van der Waals surface area contributed by atoms with Gasteiger partial charge in [0.05, 0.1) is 23.5 Å². The van der Waals surface area contributed by atoms with Crippen LogP contribution >= 0.6 is 11.3 Å². The molecule has 0 fully saturated rings. The van der Waals surface area contributed by atoms with E-state index >= 15 is 0 Å². The van der Waals surface area contributed by atoms with Gasteiger partial charge in [-0.2, -0.15) is 0 Å². The molecule has 0 saturated heterocycles. The lowest BCUT2D eigenvalue weighted by atomic mass is 9.93. The van der Waals surface area contributed by atoms with Crippen LogP contribution in [0.1, 0.15) is 52.9 Å². The number of carbonyl (C=O) groups is 1. The molecule has 1 aliphatic heterocycles. The Bertz CT molecular complexity index is 1190. The Balaban J connectivity index is 2.05. The summed E-state index contributed by atoms with van der Waals surface area (Å²) in [6.07, 6.45) is 0. The molecule has 4 rings (SSSR count). The minimum absolute atomic E-state index is 0.0552. The van der Waals surface area contributed by atoms with E-state index in [0.29, 0.717) is 11.4 Å². The first-order valence-electron chi connectivity index (χ1n) is 9.46. The lowest BCUT2D eigenvalue weighted by molar-refractivity contribution is -0.121. The molecule has 146 valence electrons. The van der Waals surface area contributed by atoms with Gasteiger partial charge < -0.3 is 4.52 Å². The summed E-state index contributed by atoms with van der Waals surface area (Å²) < 4.78 is 5.73. The van der Waals surface area contributed by atoms with Crippen molar-refractivity contribution in [2.24, 2.45) is 10.9 Å². The zero-order chi connectivity index (χ0) is 20.9. The van der Waals surface area contributed by atoms with Crippen molar-refractivity contribution in [3.05, 3.63) is 68.7 Å². The van der Waals surface area contributed by atoms with Crippen LogP contribution in [0.15, 0.2) is 33.8 Å². The summed E-state index contributed by atoms with van der Waals surface area (Å²) in [5.74, 6) is 0.370. The van der Waals surface area contributed by atoms with Gasteiger partial charge in [-0.05, 0) is 38.8 Å². The molecule has 2 aromatic heterocycles. The molecule has 3 heterocycles. The van der Waals surface area contributed by atoms with Crippen LogP contribution in [-0.2, 0) is 4.79 Å². The van der Waals surface area contributed by atoms with E-state index in [9.17, 15) is 4.79 Å². The number of hydrogen-bond donors (Lipinski definition) is 0. The largest absolute Gasteiger partial charge is 0.358 e. The van der Waals surface area contributed by atoms with Crippen LogP contribution in [-0.4, -0.2) is 16.7 Å². The summed E-state index contributed by atoms with van der Waals surface area (Å²) in [7, 11) is 0. The molecule has 0 aliphatic carbocycles. The van der Waals surface area contributed by atoms with Gasteiger partial charge in [-0.1, -0.05) is 36.3 Å². The molecular formula is C23H21N3O2S. The number of Topliss-reactive ketones (excluding diaryl/α,β-unsaturated/α-hetero) is 1. The summed E-state index contributed by atoms with van der Waals surface area (Å²) in [4.78, 5) is 23.1. The minimum Gasteiger partial charge on any atom is -0.358 e. The van der Waals surface area contributed by atoms with Crippen molar-refractivity contribution < 1.29 is 9.32 Å². The Morgan fingerprint density at radius 3 is 2.52 bits per heavy atom. The Kier molecular flexibility index (Phi) is 4.71. The van der Waals surface area contributed by atoms with E-state index in [1.807, 2.05) is 26.0 Å². The Hall–Kier alpha value is -3.04. The normalized spacial score (nSPS) is 16.3. The highest BCUT2D eigenvalue weighted by Crippen LogP contribution is 2.47. The van der Waals surface area contributed by atoms with Crippen molar-refractivity contribution >= 4 is 28.5 Å². The first-order chi connectivity index (χ1) is 13.8. The number of carbonyl (C=O) groups excluding carboxylic acids is 1. The third-order valence-electron chi connectivity index (χ3n) is 5.66. The summed E-state index contributed by atoms with van der Waals surface area (Å²) in [6.45, 7) is 16.8. The lowest BCUT2D eigenvalue weighted by Crippen LogP contribution is -2.17. The number of nitrogens with zero attached hydrogens (tertiary/aromatic N) is 3. The Morgan fingerprint density at radius 2 is 1.90 bits per heavy atom. The minimum atomic E-state index is -0.446. The van der Waals surface area contributed by atoms with Crippen LogP contribution < -0.4 is 0 Å². The predicted octanol–water partition coefficient (Wildman–Crippen LogP) is 6.00. The van der Waals surface area contributed by atoms with Crippen LogP contribution in [0.25, 0.3) is 15.3 Å². The lowest BCUT2D eigenvalue weighted by Gasteiger charge is -2.17. The molecule has 0 amide bonds. The van der Waals surface area contributed by atoms with Gasteiger partial charge in [0.1, 0.15) is 11.8 Å². The second-order valence-electron chi connectivity index (χ2n) is 7.48. The number of ketones is 1. The van der Waals surface area contributed by atoms with Crippen LogP contribution in [0.3, 0.4) is 0 Å². The van der Waals surface area contributed by atoms with E-state index in [1.165, 1.54) is 10.4 Å². The smallest absolute Gasteiger partial charge is 0.187 e. The van der Waals surface area contributed by atoms with E-state index in [0.717, 1.165) is 33.0 Å². The van der Waals surface area contributed by atoms with E-state index < -0.39 is 6.04 Å². The first kappa shape index (κ1) is 19.3. The summed E-state index contributed by atoms with van der Waals surface area (Å²) in [5.41, 5.74) is 6.34. The second-order valence-corrected chi connectivity index (χ2v) is 8.70. The zero-order valence-corrected chi connectivity index (χ0v) is 17.8. The van der Waals surface area contributed by atoms with Gasteiger partial charge >= 0.3 is 0 Å². The molecule has 0 unspecified atom stereocenters. The molecule has 2 atom stereocenters. The van der Waals surface area contributed by atoms with Gasteiger partial charge in [-0.15, -0.1) is 11.3 Å². The van der Waals surface area contributed by atoms with Gasteiger partial charge in [0.2, 0.25) is 0 Å². The standard InChI is InChI=1S/C23H21N3O2S/c1-11(14(4)27)20-22-19(13(3)26-28-22)23-18(12(2)15(5)29-23)21(25-20)16-7-9-17(24-6)10-8-16/h7-11,20H,1-5H3/t11-,20-/m0/s1. The maximum Gasteiger partial charge on any atom is 0.187 e. The van der Waals surface area contributed by atoms with E-state index in [2.05, 4.69) is 23.8 Å². The summed E-state index contributed by atoms with van der Waals surface area (Å²) >= 11 is 1.71. The maximum absolute atomic E-state index is 12.3. The number of aliphatic imine (C=N–C) groups is 1. The zero-order valence-electron chi connectivity index (χ0n) is 17.0. The highest BCUT2D eigenvalue weighted by Gasteiger charge is 2.36. The molecule has 0 spiro atoms. The Morgan fingerprint density at radius 1 is 1.21 bits per heavy atom. The highest BCUT2D eigenvalue weighted by atomic mass is 32.1. The molecule has 0 saturated carbocycles. The number of rotatable bonds is 3. The van der Waals surface area contributed by atoms with Crippen LogP contribution in [0.4, 0.5) is 5.69 Å². The predicted molar refractivity (Wildman–Crippen MR) is 115 cm³/mol. The first-order valence-corrected chi connectivity index (χ1v) is 10.3. The third-order valence-corrected chi connectivity index (χ3v) is 6.88. The third kappa shape index (κ3) is 3.02. The average molecular weight is 404 g/mol.